The summed E-state index contributed by atoms with van der Waals surface area (Å²) in [6.07, 6.45) is -2.92. The van der Waals surface area contributed by atoms with E-state index in [2.05, 4.69) is 0 Å². The molecule has 6 heteroatoms. The number of hydrogen-bond donors (Lipinski definition) is 1. The predicted molar refractivity (Wildman–Crippen MR) is 50.5 cm³/mol. The normalized spacial score (nSPS) is 22.0. The van der Waals surface area contributed by atoms with Gasteiger partial charge in [-0.25, -0.2) is 0 Å². The van der Waals surface area contributed by atoms with Gasteiger partial charge in [0.25, 0.3) is 0 Å². The van der Waals surface area contributed by atoms with E-state index in [-0.39, 0.29) is 6.54 Å². The Bertz CT molecular complexity index is 202. The molecule has 0 amide bonds. The molecule has 1 aliphatic rings. The van der Waals surface area contributed by atoms with Crippen molar-refractivity contribution in [3.05, 3.63) is 0 Å². The summed E-state index contributed by atoms with van der Waals surface area (Å²) < 4.78 is 41.4. The fourth-order valence-electron chi connectivity index (χ4n) is 1.84. The fourth-order valence-corrected chi connectivity index (χ4v) is 1.84. The summed E-state index contributed by atoms with van der Waals surface area (Å²) in [4.78, 5) is 1.23. The zero-order valence-electron chi connectivity index (χ0n) is 8.81. The minimum absolute atomic E-state index is 0.260. The van der Waals surface area contributed by atoms with Gasteiger partial charge < -0.3 is 10.5 Å². The highest BCUT2D eigenvalue weighted by Gasteiger charge is 2.34. The second kappa shape index (κ2) is 4.67. The van der Waals surface area contributed by atoms with Gasteiger partial charge in [-0.15, -0.1) is 0 Å². The lowest BCUT2D eigenvalue weighted by Crippen LogP contribution is -2.53. The van der Waals surface area contributed by atoms with Gasteiger partial charge in [-0.1, -0.05) is 0 Å². The minimum Gasteiger partial charge on any atom is -0.381 e. The van der Waals surface area contributed by atoms with E-state index in [9.17, 15) is 13.2 Å². The van der Waals surface area contributed by atoms with Gasteiger partial charge in [-0.2, -0.15) is 13.2 Å². The van der Waals surface area contributed by atoms with Gasteiger partial charge in [0.1, 0.15) is 0 Å². The van der Waals surface area contributed by atoms with E-state index in [1.54, 1.807) is 0 Å². The Morgan fingerprint density at radius 3 is 2.33 bits per heavy atom. The molecule has 0 aromatic heterocycles. The Morgan fingerprint density at radius 1 is 1.33 bits per heavy atom. The maximum atomic E-state index is 12.1. The molecule has 15 heavy (non-hydrogen) atoms. The summed E-state index contributed by atoms with van der Waals surface area (Å²) in [6.45, 7) is 0.426. The molecular weight excluding hydrogens is 209 g/mol. The van der Waals surface area contributed by atoms with Gasteiger partial charge in [0.05, 0.1) is 6.54 Å². The van der Waals surface area contributed by atoms with Crippen molar-refractivity contribution in [3.8, 4) is 0 Å². The van der Waals surface area contributed by atoms with Crippen LogP contribution in [0.25, 0.3) is 0 Å². The number of nitrogens with two attached hydrogens (primary N) is 1. The Balaban J connectivity index is 2.38. The second-order valence-electron chi connectivity index (χ2n) is 4.26. The lowest BCUT2D eigenvalue weighted by atomic mass is 9.91. The van der Waals surface area contributed by atoms with Crippen molar-refractivity contribution in [1.29, 1.82) is 0 Å². The van der Waals surface area contributed by atoms with E-state index in [0.717, 1.165) is 0 Å². The van der Waals surface area contributed by atoms with Gasteiger partial charge in [-0.05, 0) is 19.9 Å². The van der Waals surface area contributed by atoms with Crippen LogP contribution < -0.4 is 5.73 Å². The lowest BCUT2D eigenvalue weighted by molar-refractivity contribution is -0.145. The Labute approximate surface area is 87.4 Å². The number of ether oxygens (including phenoxy) is 1. The number of hydrogen-bond acceptors (Lipinski definition) is 3. The van der Waals surface area contributed by atoms with Crippen molar-refractivity contribution >= 4 is 0 Å². The summed E-state index contributed by atoms with van der Waals surface area (Å²) in [5.41, 5.74) is 5.46. The van der Waals surface area contributed by atoms with Crippen LogP contribution in [0.15, 0.2) is 0 Å². The van der Waals surface area contributed by atoms with Crippen LogP contribution in [0.5, 0.6) is 0 Å². The Morgan fingerprint density at radius 2 is 1.87 bits per heavy atom. The van der Waals surface area contributed by atoms with E-state index in [1.165, 1.54) is 11.9 Å². The minimum atomic E-state index is -4.16. The maximum Gasteiger partial charge on any atom is 0.401 e. The first-order valence-electron chi connectivity index (χ1n) is 4.93. The van der Waals surface area contributed by atoms with E-state index < -0.39 is 18.3 Å². The van der Waals surface area contributed by atoms with Crippen molar-refractivity contribution in [1.82, 2.24) is 4.90 Å². The molecule has 0 radical (unpaired) electrons. The van der Waals surface area contributed by atoms with Gasteiger partial charge in [-0.3, -0.25) is 4.90 Å². The highest BCUT2D eigenvalue weighted by atomic mass is 19.4. The number of rotatable bonds is 3. The van der Waals surface area contributed by atoms with Gasteiger partial charge >= 0.3 is 6.18 Å². The number of alkyl halides is 3. The van der Waals surface area contributed by atoms with Crippen LogP contribution in [0, 0.1) is 0 Å². The standard InChI is InChI=1S/C9H17F3N2O/c1-14(7-9(10,11)12)6-8(13)2-4-15-5-3-8/h2-7,13H2,1H3. The highest BCUT2D eigenvalue weighted by molar-refractivity contribution is 4.89. The summed E-state index contributed by atoms with van der Waals surface area (Å²) >= 11 is 0. The summed E-state index contributed by atoms with van der Waals surface area (Å²) in [5, 5.41) is 0. The van der Waals surface area contributed by atoms with E-state index in [4.69, 9.17) is 10.5 Å². The molecule has 3 nitrogen and oxygen atoms in total. The molecule has 0 saturated carbocycles. The number of halogens is 3. The van der Waals surface area contributed by atoms with Crippen molar-refractivity contribution < 1.29 is 17.9 Å². The van der Waals surface area contributed by atoms with Gasteiger partial charge in [0.2, 0.25) is 0 Å². The van der Waals surface area contributed by atoms with Crippen molar-refractivity contribution in [2.24, 2.45) is 5.73 Å². The first-order valence-corrected chi connectivity index (χ1v) is 4.93. The topological polar surface area (TPSA) is 38.5 Å². The van der Waals surface area contributed by atoms with E-state index >= 15 is 0 Å². The molecule has 1 aliphatic heterocycles. The van der Waals surface area contributed by atoms with Crippen LogP contribution in [-0.4, -0.2) is 50.0 Å². The molecule has 1 saturated heterocycles. The molecule has 0 unspecified atom stereocenters. The van der Waals surface area contributed by atoms with Crippen LogP contribution >= 0.6 is 0 Å². The third-order valence-electron chi connectivity index (χ3n) is 2.52. The monoisotopic (exact) mass is 226 g/mol. The molecule has 1 heterocycles. The van der Waals surface area contributed by atoms with Crippen LogP contribution in [0.4, 0.5) is 13.2 Å². The van der Waals surface area contributed by atoms with Crippen molar-refractivity contribution in [3.63, 3.8) is 0 Å². The van der Waals surface area contributed by atoms with Crippen molar-refractivity contribution in [2.75, 3.05) is 33.4 Å². The summed E-state index contributed by atoms with van der Waals surface area (Å²) in [6, 6.07) is 0. The quantitative estimate of drug-likeness (QED) is 0.780. The first kappa shape index (κ1) is 12.7. The van der Waals surface area contributed by atoms with E-state index in [0.29, 0.717) is 26.1 Å². The average molecular weight is 226 g/mol. The maximum absolute atomic E-state index is 12.1. The fraction of sp³-hybridized carbons (Fsp3) is 1.00. The molecule has 0 spiro atoms. The molecule has 0 aromatic rings. The molecule has 0 atom stereocenters. The van der Waals surface area contributed by atoms with Crippen molar-refractivity contribution in [2.45, 2.75) is 24.6 Å². The van der Waals surface area contributed by atoms with Gasteiger partial charge in [0.15, 0.2) is 0 Å². The summed E-state index contributed by atoms with van der Waals surface area (Å²) in [7, 11) is 1.44. The molecule has 90 valence electrons. The zero-order valence-corrected chi connectivity index (χ0v) is 8.81. The molecule has 2 N–H and O–H groups in total. The largest absolute Gasteiger partial charge is 0.401 e. The number of nitrogens with zero attached hydrogens (tertiary/aromatic N) is 1. The number of likely N-dealkylation sites (N-methyl/N-ethyl adjacent to an activating group) is 1. The smallest absolute Gasteiger partial charge is 0.381 e. The SMILES string of the molecule is CN(CC(F)(F)F)CC1(N)CCOCC1. The summed E-state index contributed by atoms with van der Waals surface area (Å²) in [5.74, 6) is 0. The Hall–Kier alpha value is -0.330. The molecule has 1 rings (SSSR count). The van der Waals surface area contributed by atoms with Crippen LogP contribution in [0.3, 0.4) is 0 Å². The second-order valence-corrected chi connectivity index (χ2v) is 4.26. The predicted octanol–water partition coefficient (Wildman–Crippen LogP) is 0.988. The zero-order chi connectivity index (χ0) is 11.5. The third-order valence-corrected chi connectivity index (χ3v) is 2.52. The Kier molecular flexibility index (Phi) is 3.97. The molecule has 0 bridgehead atoms. The lowest BCUT2D eigenvalue weighted by Gasteiger charge is -2.36. The third kappa shape index (κ3) is 4.81. The first-order chi connectivity index (χ1) is 6.81. The molecule has 0 aromatic carbocycles. The van der Waals surface area contributed by atoms with E-state index in [1.807, 2.05) is 0 Å². The van der Waals surface area contributed by atoms with Crippen LogP contribution in [0.2, 0.25) is 0 Å². The molecule has 0 aliphatic carbocycles. The average Bonchev–Trinajstić information content (AvgIpc) is 1.99. The van der Waals surface area contributed by atoms with Gasteiger partial charge in [0, 0.05) is 25.3 Å². The van der Waals surface area contributed by atoms with Crippen LogP contribution in [0.1, 0.15) is 12.8 Å². The molecule has 1 fully saturated rings. The highest BCUT2D eigenvalue weighted by Crippen LogP contribution is 2.21. The van der Waals surface area contributed by atoms with Crippen LogP contribution in [-0.2, 0) is 4.74 Å². The molecular formula is C9H17F3N2O.